The lowest BCUT2D eigenvalue weighted by atomic mass is 9.84. The van der Waals surface area contributed by atoms with E-state index in [1.807, 2.05) is 31.2 Å². The highest BCUT2D eigenvalue weighted by atomic mass is 35.5. The van der Waals surface area contributed by atoms with Crippen LogP contribution in [0, 0.1) is 0 Å². The molecular formula is C17H20ClN3O2. The van der Waals surface area contributed by atoms with Crippen LogP contribution in [0.2, 0.25) is 5.02 Å². The highest BCUT2D eigenvalue weighted by Gasteiger charge is 2.36. The Hall–Kier alpha value is -1.85. The summed E-state index contributed by atoms with van der Waals surface area (Å²) in [5.41, 5.74) is -0.103. The Bertz CT molecular complexity index is 672. The minimum atomic E-state index is -0.900. The molecule has 0 amide bonds. The van der Waals surface area contributed by atoms with Gasteiger partial charge in [-0.15, -0.1) is 0 Å². The lowest BCUT2D eigenvalue weighted by Crippen LogP contribution is -2.43. The Morgan fingerprint density at radius 3 is 2.61 bits per heavy atom. The predicted octanol–water partition coefficient (Wildman–Crippen LogP) is 3.02. The van der Waals surface area contributed by atoms with Crippen molar-refractivity contribution in [3.05, 3.63) is 47.2 Å². The summed E-state index contributed by atoms with van der Waals surface area (Å²) in [4.78, 5) is 10.7. The molecule has 6 heteroatoms. The second kappa shape index (κ2) is 6.72. The van der Waals surface area contributed by atoms with Crippen LogP contribution in [0.3, 0.4) is 0 Å². The van der Waals surface area contributed by atoms with E-state index in [0.717, 1.165) is 11.4 Å². The van der Waals surface area contributed by atoms with Crippen LogP contribution in [0.5, 0.6) is 5.88 Å². The van der Waals surface area contributed by atoms with Crippen molar-refractivity contribution >= 4 is 17.4 Å². The molecule has 23 heavy (non-hydrogen) atoms. The van der Waals surface area contributed by atoms with Gasteiger partial charge in [-0.05, 0) is 25.8 Å². The average molecular weight is 334 g/mol. The molecule has 0 saturated carbocycles. The third-order valence-electron chi connectivity index (χ3n) is 4.19. The van der Waals surface area contributed by atoms with Crippen molar-refractivity contribution < 1.29 is 9.84 Å². The standard InChI is InChI=1S/C17H20ClN3O2/c1-2-23-16-15(19-9-10-20-16)21-11-7-17(22,8-12-21)13-5-3-4-6-14(13)18/h3-6,9-10,22H,2,7-8,11-12H2,1H3. The summed E-state index contributed by atoms with van der Waals surface area (Å²) in [5.74, 6) is 1.27. The first kappa shape index (κ1) is 16.0. The van der Waals surface area contributed by atoms with Crippen molar-refractivity contribution in [1.82, 2.24) is 9.97 Å². The van der Waals surface area contributed by atoms with Gasteiger partial charge in [0.25, 0.3) is 5.88 Å². The first-order chi connectivity index (χ1) is 11.1. The number of aliphatic hydroxyl groups is 1. The molecule has 0 atom stereocenters. The number of rotatable bonds is 4. The highest BCUT2D eigenvalue weighted by molar-refractivity contribution is 6.31. The maximum absolute atomic E-state index is 11.0. The van der Waals surface area contributed by atoms with E-state index in [2.05, 4.69) is 14.9 Å². The van der Waals surface area contributed by atoms with E-state index >= 15 is 0 Å². The van der Waals surface area contributed by atoms with E-state index in [1.165, 1.54) is 0 Å². The number of aromatic nitrogens is 2. The molecule has 1 aromatic carbocycles. The SMILES string of the molecule is CCOc1nccnc1N1CCC(O)(c2ccccc2Cl)CC1. The van der Waals surface area contributed by atoms with E-state index in [9.17, 15) is 5.11 Å². The molecule has 1 saturated heterocycles. The molecule has 1 aliphatic rings. The normalized spacial score (nSPS) is 17.1. The van der Waals surface area contributed by atoms with Crippen molar-refractivity contribution in [2.24, 2.45) is 0 Å². The van der Waals surface area contributed by atoms with Crippen LogP contribution in [0.15, 0.2) is 36.7 Å². The fraction of sp³-hybridized carbons (Fsp3) is 0.412. The van der Waals surface area contributed by atoms with Crippen LogP contribution in [-0.2, 0) is 5.60 Å². The van der Waals surface area contributed by atoms with E-state index in [1.54, 1.807) is 12.4 Å². The summed E-state index contributed by atoms with van der Waals surface area (Å²) in [5, 5.41) is 11.6. The molecule has 1 fully saturated rings. The number of anilines is 1. The van der Waals surface area contributed by atoms with Gasteiger partial charge in [-0.1, -0.05) is 29.8 Å². The van der Waals surface area contributed by atoms with Gasteiger partial charge in [0.15, 0.2) is 5.82 Å². The Morgan fingerprint density at radius 1 is 1.22 bits per heavy atom. The first-order valence-corrected chi connectivity index (χ1v) is 8.18. The molecule has 1 aromatic heterocycles. The van der Waals surface area contributed by atoms with E-state index in [4.69, 9.17) is 16.3 Å². The van der Waals surface area contributed by atoms with E-state index in [-0.39, 0.29) is 0 Å². The van der Waals surface area contributed by atoms with Crippen molar-refractivity contribution in [3.8, 4) is 5.88 Å². The van der Waals surface area contributed by atoms with Crippen LogP contribution < -0.4 is 9.64 Å². The molecule has 0 aliphatic carbocycles. The summed E-state index contributed by atoms with van der Waals surface area (Å²) in [6, 6.07) is 7.49. The number of piperidine rings is 1. The molecule has 1 aliphatic heterocycles. The van der Waals surface area contributed by atoms with Crippen molar-refractivity contribution in [1.29, 1.82) is 0 Å². The summed E-state index contributed by atoms with van der Waals surface area (Å²) < 4.78 is 5.55. The van der Waals surface area contributed by atoms with Crippen molar-refractivity contribution in [3.63, 3.8) is 0 Å². The number of hydrogen-bond acceptors (Lipinski definition) is 5. The third kappa shape index (κ3) is 3.26. The second-order valence-corrected chi connectivity index (χ2v) is 6.02. The molecule has 122 valence electrons. The van der Waals surface area contributed by atoms with Gasteiger partial charge < -0.3 is 14.7 Å². The quantitative estimate of drug-likeness (QED) is 0.932. The molecule has 0 radical (unpaired) electrons. The largest absolute Gasteiger partial charge is 0.475 e. The highest BCUT2D eigenvalue weighted by Crippen LogP contribution is 2.38. The molecule has 0 unspecified atom stereocenters. The number of nitrogens with zero attached hydrogens (tertiary/aromatic N) is 3. The van der Waals surface area contributed by atoms with Gasteiger partial charge >= 0.3 is 0 Å². The molecule has 2 heterocycles. The predicted molar refractivity (Wildman–Crippen MR) is 90.0 cm³/mol. The van der Waals surface area contributed by atoms with Gasteiger partial charge in [0.2, 0.25) is 0 Å². The minimum absolute atomic E-state index is 0.540. The Morgan fingerprint density at radius 2 is 1.91 bits per heavy atom. The monoisotopic (exact) mass is 333 g/mol. The lowest BCUT2D eigenvalue weighted by molar-refractivity contribution is 0.0116. The summed E-state index contributed by atoms with van der Waals surface area (Å²) in [6.07, 6.45) is 4.45. The Labute approximate surface area is 140 Å². The van der Waals surface area contributed by atoms with Gasteiger partial charge in [-0.3, -0.25) is 0 Å². The van der Waals surface area contributed by atoms with Crippen molar-refractivity contribution in [2.75, 3.05) is 24.6 Å². The van der Waals surface area contributed by atoms with Gasteiger partial charge in [-0.2, -0.15) is 0 Å². The number of ether oxygens (including phenoxy) is 1. The molecular weight excluding hydrogens is 314 g/mol. The zero-order chi connectivity index (χ0) is 16.3. The third-order valence-corrected chi connectivity index (χ3v) is 4.52. The summed E-state index contributed by atoms with van der Waals surface area (Å²) in [7, 11) is 0. The van der Waals surface area contributed by atoms with Gasteiger partial charge in [-0.25, -0.2) is 9.97 Å². The van der Waals surface area contributed by atoms with E-state index < -0.39 is 5.60 Å². The number of halogens is 1. The smallest absolute Gasteiger partial charge is 0.257 e. The first-order valence-electron chi connectivity index (χ1n) is 7.80. The van der Waals surface area contributed by atoms with Crippen molar-refractivity contribution in [2.45, 2.75) is 25.4 Å². The minimum Gasteiger partial charge on any atom is -0.475 e. The maximum Gasteiger partial charge on any atom is 0.257 e. The molecule has 0 bridgehead atoms. The summed E-state index contributed by atoms with van der Waals surface area (Å²) in [6.45, 7) is 3.80. The molecule has 2 aromatic rings. The molecule has 0 spiro atoms. The average Bonchev–Trinajstić information content (AvgIpc) is 2.57. The van der Waals surface area contributed by atoms with Crippen LogP contribution in [-0.4, -0.2) is 34.8 Å². The van der Waals surface area contributed by atoms with Gasteiger partial charge in [0.1, 0.15) is 0 Å². The molecule has 5 nitrogen and oxygen atoms in total. The van der Waals surface area contributed by atoms with Crippen LogP contribution >= 0.6 is 11.6 Å². The van der Waals surface area contributed by atoms with Gasteiger partial charge in [0.05, 0.1) is 12.2 Å². The number of hydrogen-bond donors (Lipinski definition) is 1. The Kier molecular flexibility index (Phi) is 4.68. The number of benzene rings is 1. The van der Waals surface area contributed by atoms with Crippen LogP contribution in [0.1, 0.15) is 25.3 Å². The van der Waals surface area contributed by atoms with Gasteiger partial charge in [0, 0.05) is 36.1 Å². The lowest BCUT2D eigenvalue weighted by Gasteiger charge is -2.39. The van der Waals surface area contributed by atoms with E-state index in [0.29, 0.717) is 43.4 Å². The topological polar surface area (TPSA) is 58.5 Å². The summed E-state index contributed by atoms with van der Waals surface area (Å²) >= 11 is 6.25. The van der Waals surface area contributed by atoms with Crippen LogP contribution in [0.25, 0.3) is 0 Å². The fourth-order valence-corrected chi connectivity index (χ4v) is 3.28. The fourth-order valence-electron chi connectivity index (χ4n) is 2.97. The second-order valence-electron chi connectivity index (χ2n) is 5.62. The molecule has 3 rings (SSSR count). The molecule has 1 N–H and O–H groups in total. The zero-order valence-electron chi connectivity index (χ0n) is 13.1. The maximum atomic E-state index is 11.0. The zero-order valence-corrected chi connectivity index (χ0v) is 13.8. The van der Waals surface area contributed by atoms with Crippen LogP contribution in [0.4, 0.5) is 5.82 Å². The Balaban J connectivity index is 1.77.